The summed E-state index contributed by atoms with van der Waals surface area (Å²) >= 11 is 0. The van der Waals surface area contributed by atoms with Crippen molar-refractivity contribution in [3.8, 4) is 17.5 Å². The molecule has 4 heterocycles. The predicted octanol–water partition coefficient (Wildman–Crippen LogP) is 0.843. The Bertz CT molecular complexity index is 1130. The first kappa shape index (κ1) is 12.3. The predicted molar refractivity (Wildman–Crippen MR) is 78.0 cm³/mol. The van der Waals surface area contributed by atoms with Crippen LogP contribution in [0.25, 0.3) is 28.1 Å². The molecule has 0 amide bonds. The Labute approximate surface area is 123 Å². The Balaban J connectivity index is 1.98. The van der Waals surface area contributed by atoms with E-state index in [-0.39, 0.29) is 5.69 Å². The van der Waals surface area contributed by atoms with Crippen molar-refractivity contribution in [3.63, 3.8) is 0 Å². The molecule has 0 saturated carbocycles. The highest BCUT2D eigenvalue weighted by Crippen LogP contribution is 2.22. The van der Waals surface area contributed by atoms with Crippen LogP contribution in [0.2, 0.25) is 0 Å². The maximum Gasteiger partial charge on any atom is 0.327 e. The molecule has 0 aliphatic rings. The van der Waals surface area contributed by atoms with Crippen LogP contribution >= 0.6 is 0 Å². The number of hydrogen-bond donors (Lipinski definition) is 1. The minimum atomic E-state index is -0.243. The summed E-state index contributed by atoms with van der Waals surface area (Å²) < 4.78 is 3.10. The van der Waals surface area contributed by atoms with Gasteiger partial charge in [-0.05, 0) is 12.1 Å². The first-order valence-electron chi connectivity index (χ1n) is 6.47. The SMILES string of the molecule is Cn1c(=O)[nH]c2nc(-c3cnn4ccc(C#N)cc34)ncc21. The molecule has 0 fully saturated rings. The van der Waals surface area contributed by atoms with Crippen LogP contribution < -0.4 is 5.69 Å². The number of aryl methyl sites for hydroxylation is 1. The largest absolute Gasteiger partial charge is 0.327 e. The fourth-order valence-corrected chi connectivity index (χ4v) is 2.36. The lowest BCUT2D eigenvalue weighted by molar-refractivity contribution is 0.890. The number of nitrogens with one attached hydrogen (secondary N) is 1. The number of fused-ring (bicyclic) bond motifs is 2. The second-order valence-corrected chi connectivity index (χ2v) is 4.83. The van der Waals surface area contributed by atoms with Crippen LogP contribution in [0.1, 0.15) is 5.56 Å². The van der Waals surface area contributed by atoms with E-state index >= 15 is 0 Å². The molecule has 22 heavy (non-hydrogen) atoms. The van der Waals surface area contributed by atoms with Crippen LogP contribution in [0.15, 0.2) is 35.5 Å². The minimum absolute atomic E-state index is 0.243. The number of nitriles is 1. The molecule has 0 aliphatic heterocycles. The molecule has 8 nitrogen and oxygen atoms in total. The Morgan fingerprint density at radius 2 is 2.18 bits per heavy atom. The van der Waals surface area contributed by atoms with Gasteiger partial charge in [0.2, 0.25) is 0 Å². The van der Waals surface area contributed by atoms with E-state index in [2.05, 4.69) is 26.1 Å². The number of aromatic nitrogens is 6. The number of H-pyrrole nitrogens is 1. The van der Waals surface area contributed by atoms with Crippen LogP contribution in [0.4, 0.5) is 0 Å². The topological polar surface area (TPSA) is 105 Å². The summed E-state index contributed by atoms with van der Waals surface area (Å²) in [5.41, 5.74) is 2.81. The molecule has 4 aromatic heterocycles. The lowest BCUT2D eigenvalue weighted by atomic mass is 10.2. The molecule has 4 aromatic rings. The normalized spacial score (nSPS) is 11.1. The summed E-state index contributed by atoms with van der Waals surface area (Å²) in [6, 6.07) is 5.50. The molecule has 0 bridgehead atoms. The first-order chi connectivity index (χ1) is 10.7. The molecule has 4 rings (SSSR count). The maximum atomic E-state index is 11.6. The second kappa shape index (κ2) is 4.26. The van der Waals surface area contributed by atoms with Gasteiger partial charge in [0.25, 0.3) is 0 Å². The smallest absolute Gasteiger partial charge is 0.292 e. The highest BCUT2D eigenvalue weighted by Gasteiger charge is 2.13. The zero-order chi connectivity index (χ0) is 15.3. The van der Waals surface area contributed by atoms with Crippen molar-refractivity contribution >= 4 is 16.7 Å². The lowest BCUT2D eigenvalue weighted by Crippen LogP contribution is -2.11. The fraction of sp³-hybridized carbons (Fsp3) is 0.0714. The van der Waals surface area contributed by atoms with E-state index in [9.17, 15) is 4.79 Å². The lowest BCUT2D eigenvalue weighted by Gasteiger charge is -1.99. The molecule has 0 unspecified atom stereocenters. The van der Waals surface area contributed by atoms with Crippen molar-refractivity contribution in [2.45, 2.75) is 0 Å². The highest BCUT2D eigenvalue weighted by atomic mass is 16.1. The monoisotopic (exact) mass is 291 g/mol. The summed E-state index contributed by atoms with van der Waals surface area (Å²) in [5.74, 6) is 0.444. The van der Waals surface area contributed by atoms with E-state index in [4.69, 9.17) is 5.26 Å². The van der Waals surface area contributed by atoms with Crippen molar-refractivity contribution in [2.24, 2.45) is 7.05 Å². The van der Waals surface area contributed by atoms with Gasteiger partial charge >= 0.3 is 5.69 Å². The third-order valence-corrected chi connectivity index (χ3v) is 3.55. The standard InChI is InChI=1S/C14H9N7O/c1-20-11-7-16-12(18-13(11)19-14(20)22)9-6-17-21-3-2-8(5-15)4-10(9)21/h2-4,6-7H,1H3,(H,16,18,19,22). The fourth-order valence-electron chi connectivity index (χ4n) is 2.36. The van der Waals surface area contributed by atoms with E-state index in [1.54, 1.807) is 42.3 Å². The van der Waals surface area contributed by atoms with Crippen molar-refractivity contribution < 1.29 is 0 Å². The molecule has 0 atom stereocenters. The average Bonchev–Trinajstić information content (AvgIpc) is 3.08. The summed E-state index contributed by atoms with van der Waals surface area (Å²) in [6.45, 7) is 0. The van der Waals surface area contributed by atoms with E-state index in [0.717, 1.165) is 5.52 Å². The molecule has 0 spiro atoms. The van der Waals surface area contributed by atoms with Gasteiger partial charge in [-0.3, -0.25) is 9.55 Å². The molecule has 8 heteroatoms. The maximum absolute atomic E-state index is 11.6. The van der Waals surface area contributed by atoms with Crippen molar-refractivity contribution in [1.82, 2.24) is 29.1 Å². The molecule has 0 aromatic carbocycles. The number of nitrogens with zero attached hydrogens (tertiary/aromatic N) is 6. The Morgan fingerprint density at radius 1 is 1.32 bits per heavy atom. The molecular weight excluding hydrogens is 282 g/mol. The zero-order valence-electron chi connectivity index (χ0n) is 11.5. The second-order valence-electron chi connectivity index (χ2n) is 4.83. The number of imidazole rings is 1. The van der Waals surface area contributed by atoms with Gasteiger partial charge in [0, 0.05) is 13.2 Å². The minimum Gasteiger partial charge on any atom is -0.292 e. The number of hydrogen-bond acceptors (Lipinski definition) is 5. The molecule has 1 N–H and O–H groups in total. The molecule has 0 saturated heterocycles. The summed E-state index contributed by atoms with van der Waals surface area (Å²) in [4.78, 5) is 23.0. The van der Waals surface area contributed by atoms with E-state index in [1.807, 2.05) is 0 Å². The average molecular weight is 291 g/mol. The van der Waals surface area contributed by atoms with Gasteiger partial charge < -0.3 is 0 Å². The van der Waals surface area contributed by atoms with E-state index < -0.39 is 0 Å². The van der Waals surface area contributed by atoms with Gasteiger partial charge in [0.05, 0.1) is 35.1 Å². The van der Waals surface area contributed by atoms with Gasteiger partial charge in [0.1, 0.15) is 5.52 Å². The van der Waals surface area contributed by atoms with Gasteiger partial charge in [-0.25, -0.2) is 19.3 Å². The van der Waals surface area contributed by atoms with Crippen LogP contribution in [0.3, 0.4) is 0 Å². The summed E-state index contributed by atoms with van der Waals surface area (Å²) in [7, 11) is 1.65. The van der Waals surface area contributed by atoms with Gasteiger partial charge in [-0.15, -0.1) is 0 Å². The first-order valence-corrected chi connectivity index (χ1v) is 6.47. The molecule has 0 radical (unpaired) electrons. The van der Waals surface area contributed by atoms with E-state index in [0.29, 0.717) is 28.1 Å². The van der Waals surface area contributed by atoms with Crippen molar-refractivity contribution in [2.75, 3.05) is 0 Å². The number of aromatic amines is 1. The summed E-state index contributed by atoms with van der Waals surface area (Å²) in [6.07, 6.45) is 4.94. The quantitative estimate of drug-likeness (QED) is 0.559. The van der Waals surface area contributed by atoms with Crippen molar-refractivity contribution in [1.29, 1.82) is 5.26 Å². The Morgan fingerprint density at radius 3 is 3.00 bits per heavy atom. The van der Waals surface area contributed by atoms with Gasteiger partial charge in [0.15, 0.2) is 11.5 Å². The van der Waals surface area contributed by atoms with Crippen LogP contribution in [-0.2, 0) is 7.05 Å². The van der Waals surface area contributed by atoms with E-state index in [1.165, 1.54) is 4.57 Å². The third-order valence-electron chi connectivity index (χ3n) is 3.55. The van der Waals surface area contributed by atoms with Crippen molar-refractivity contribution in [3.05, 3.63) is 46.8 Å². The highest BCUT2D eigenvalue weighted by molar-refractivity contribution is 5.80. The Hall–Kier alpha value is -3.47. The number of rotatable bonds is 1. The Kier molecular flexibility index (Phi) is 2.38. The molecule has 0 aliphatic carbocycles. The zero-order valence-corrected chi connectivity index (χ0v) is 11.5. The van der Waals surface area contributed by atoms with Gasteiger partial charge in [-0.2, -0.15) is 10.4 Å². The van der Waals surface area contributed by atoms with Gasteiger partial charge in [-0.1, -0.05) is 0 Å². The number of pyridine rings is 1. The van der Waals surface area contributed by atoms with Crippen LogP contribution in [-0.4, -0.2) is 29.1 Å². The van der Waals surface area contributed by atoms with Crippen LogP contribution in [0.5, 0.6) is 0 Å². The molecule has 106 valence electrons. The summed E-state index contributed by atoms with van der Waals surface area (Å²) in [5, 5.41) is 13.2. The molecular formula is C14H9N7O. The third kappa shape index (κ3) is 1.63. The van der Waals surface area contributed by atoms with Crippen LogP contribution in [0, 0.1) is 11.3 Å².